The minimum atomic E-state index is 0.842. The molecule has 1 aliphatic heterocycles. The van der Waals surface area contributed by atoms with Gasteiger partial charge >= 0.3 is 0 Å². The Bertz CT molecular complexity index is 418. The van der Waals surface area contributed by atoms with E-state index in [-0.39, 0.29) is 0 Å². The first-order chi connectivity index (χ1) is 9.76. The first-order valence-electron chi connectivity index (χ1n) is 7.41. The fourth-order valence-corrected chi connectivity index (χ4v) is 2.83. The van der Waals surface area contributed by atoms with E-state index in [1.165, 1.54) is 13.0 Å². The van der Waals surface area contributed by atoms with E-state index in [1.54, 1.807) is 11.8 Å². The zero-order valence-electron chi connectivity index (χ0n) is 12.7. The van der Waals surface area contributed by atoms with Gasteiger partial charge < -0.3 is 10.2 Å². The minimum Gasteiger partial charge on any atom is -0.370 e. The van der Waals surface area contributed by atoms with Crippen molar-refractivity contribution in [2.75, 3.05) is 55.7 Å². The van der Waals surface area contributed by atoms with Crippen LogP contribution in [0.1, 0.15) is 20.3 Å². The lowest BCUT2D eigenvalue weighted by Gasteiger charge is -2.35. The number of rotatable bonds is 6. The maximum Gasteiger partial charge on any atom is 0.191 e. The maximum absolute atomic E-state index is 4.65. The number of piperazine rings is 1. The van der Waals surface area contributed by atoms with Gasteiger partial charge in [0.25, 0.3) is 0 Å². The van der Waals surface area contributed by atoms with Gasteiger partial charge in [-0.25, -0.2) is 9.97 Å². The van der Waals surface area contributed by atoms with Crippen LogP contribution in [0, 0.1) is 0 Å². The SMILES string of the molecule is CCCN1CCN(c2cc(NCC)nc(SC)n2)CC1. The maximum atomic E-state index is 4.65. The Morgan fingerprint density at radius 3 is 2.55 bits per heavy atom. The van der Waals surface area contributed by atoms with Gasteiger partial charge in [-0.05, 0) is 26.1 Å². The molecule has 0 saturated carbocycles. The summed E-state index contributed by atoms with van der Waals surface area (Å²) < 4.78 is 0. The van der Waals surface area contributed by atoms with E-state index < -0.39 is 0 Å². The van der Waals surface area contributed by atoms with Gasteiger partial charge in [-0.2, -0.15) is 0 Å². The molecule has 0 spiro atoms. The lowest BCUT2D eigenvalue weighted by molar-refractivity contribution is 0.258. The van der Waals surface area contributed by atoms with E-state index in [9.17, 15) is 0 Å². The zero-order chi connectivity index (χ0) is 14.4. The van der Waals surface area contributed by atoms with Crippen LogP contribution in [0.5, 0.6) is 0 Å². The summed E-state index contributed by atoms with van der Waals surface area (Å²) in [5.41, 5.74) is 0. The molecule has 6 heteroatoms. The van der Waals surface area contributed by atoms with Crippen LogP contribution in [0.3, 0.4) is 0 Å². The highest BCUT2D eigenvalue weighted by atomic mass is 32.2. The summed E-state index contributed by atoms with van der Waals surface area (Å²) in [6, 6.07) is 2.07. The summed E-state index contributed by atoms with van der Waals surface area (Å²) in [6.07, 6.45) is 3.25. The summed E-state index contributed by atoms with van der Waals surface area (Å²) in [6.45, 7) is 10.8. The van der Waals surface area contributed by atoms with Crippen molar-refractivity contribution < 1.29 is 0 Å². The van der Waals surface area contributed by atoms with E-state index >= 15 is 0 Å². The Morgan fingerprint density at radius 1 is 1.20 bits per heavy atom. The third kappa shape index (κ3) is 3.99. The molecule has 1 fully saturated rings. The van der Waals surface area contributed by atoms with Gasteiger partial charge in [0.05, 0.1) is 0 Å². The minimum absolute atomic E-state index is 0.842. The average molecular weight is 295 g/mol. The normalized spacial score (nSPS) is 16.4. The molecule has 0 amide bonds. The Balaban J connectivity index is 2.06. The second kappa shape index (κ2) is 7.69. The van der Waals surface area contributed by atoms with Crippen molar-refractivity contribution in [3.05, 3.63) is 6.07 Å². The topological polar surface area (TPSA) is 44.3 Å². The molecule has 0 aromatic carbocycles. The van der Waals surface area contributed by atoms with Crippen molar-refractivity contribution in [1.29, 1.82) is 0 Å². The molecule has 0 bridgehead atoms. The third-order valence-electron chi connectivity index (χ3n) is 3.47. The molecule has 2 heterocycles. The highest BCUT2D eigenvalue weighted by Crippen LogP contribution is 2.21. The summed E-state index contributed by atoms with van der Waals surface area (Å²) in [5.74, 6) is 1.98. The molecule has 0 unspecified atom stereocenters. The molecule has 5 nitrogen and oxygen atoms in total. The first kappa shape index (κ1) is 15.4. The van der Waals surface area contributed by atoms with E-state index in [2.05, 4.69) is 45.0 Å². The number of nitrogens with one attached hydrogen (secondary N) is 1. The lowest BCUT2D eigenvalue weighted by atomic mass is 10.3. The van der Waals surface area contributed by atoms with Gasteiger partial charge in [-0.15, -0.1) is 0 Å². The monoisotopic (exact) mass is 295 g/mol. The van der Waals surface area contributed by atoms with Gasteiger partial charge in [0.2, 0.25) is 0 Å². The van der Waals surface area contributed by atoms with Gasteiger partial charge in [0, 0.05) is 38.8 Å². The fraction of sp³-hybridized carbons (Fsp3) is 0.714. The molecule has 0 aliphatic carbocycles. The summed E-state index contributed by atoms with van der Waals surface area (Å²) >= 11 is 1.60. The highest BCUT2D eigenvalue weighted by Gasteiger charge is 2.18. The van der Waals surface area contributed by atoms with Crippen molar-refractivity contribution in [3.63, 3.8) is 0 Å². The molecular weight excluding hydrogens is 270 g/mol. The quantitative estimate of drug-likeness (QED) is 0.641. The second-order valence-corrected chi connectivity index (χ2v) is 5.73. The van der Waals surface area contributed by atoms with Crippen molar-refractivity contribution >= 4 is 23.4 Å². The highest BCUT2D eigenvalue weighted by molar-refractivity contribution is 7.98. The van der Waals surface area contributed by atoms with Gasteiger partial charge in [0.1, 0.15) is 11.6 Å². The molecule has 1 aromatic heterocycles. The van der Waals surface area contributed by atoms with E-state index in [1.807, 2.05) is 6.26 Å². The van der Waals surface area contributed by atoms with Gasteiger partial charge in [-0.1, -0.05) is 18.7 Å². The van der Waals surface area contributed by atoms with Crippen molar-refractivity contribution in [2.45, 2.75) is 25.4 Å². The Labute approximate surface area is 126 Å². The van der Waals surface area contributed by atoms with Crippen LogP contribution in [0.15, 0.2) is 11.2 Å². The molecule has 0 atom stereocenters. The molecule has 2 rings (SSSR count). The second-order valence-electron chi connectivity index (χ2n) is 4.96. The standard InChI is InChI=1S/C14H25N5S/c1-4-6-18-7-9-19(10-8-18)13-11-12(15-5-2)16-14(17-13)20-3/h11H,4-10H2,1-3H3,(H,15,16,17). The van der Waals surface area contributed by atoms with E-state index in [0.717, 1.165) is 49.5 Å². The largest absolute Gasteiger partial charge is 0.370 e. The van der Waals surface area contributed by atoms with Crippen LogP contribution in [-0.2, 0) is 0 Å². The predicted octanol–water partition coefficient (Wildman–Crippen LogP) is 2.16. The van der Waals surface area contributed by atoms with Crippen LogP contribution in [0.2, 0.25) is 0 Å². The fourth-order valence-electron chi connectivity index (χ4n) is 2.45. The first-order valence-corrected chi connectivity index (χ1v) is 8.63. The number of nitrogens with zero attached hydrogens (tertiary/aromatic N) is 4. The molecule has 20 heavy (non-hydrogen) atoms. The van der Waals surface area contributed by atoms with Crippen LogP contribution in [0.4, 0.5) is 11.6 Å². The molecule has 1 saturated heterocycles. The number of thioether (sulfide) groups is 1. The van der Waals surface area contributed by atoms with Crippen LogP contribution in [0.25, 0.3) is 0 Å². The van der Waals surface area contributed by atoms with Crippen molar-refractivity contribution in [2.24, 2.45) is 0 Å². The Hall–Kier alpha value is -1.01. The predicted molar refractivity (Wildman–Crippen MR) is 86.9 cm³/mol. The molecule has 1 N–H and O–H groups in total. The molecule has 1 aromatic rings. The molecule has 1 aliphatic rings. The number of hydrogen-bond donors (Lipinski definition) is 1. The zero-order valence-corrected chi connectivity index (χ0v) is 13.5. The van der Waals surface area contributed by atoms with Crippen LogP contribution < -0.4 is 10.2 Å². The smallest absolute Gasteiger partial charge is 0.191 e. The van der Waals surface area contributed by atoms with Crippen molar-refractivity contribution in [3.8, 4) is 0 Å². The van der Waals surface area contributed by atoms with E-state index in [4.69, 9.17) is 0 Å². The van der Waals surface area contributed by atoms with Crippen LogP contribution >= 0.6 is 11.8 Å². The Morgan fingerprint density at radius 2 is 1.95 bits per heavy atom. The van der Waals surface area contributed by atoms with Gasteiger partial charge in [0.15, 0.2) is 5.16 Å². The molecule has 0 radical (unpaired) electrons. The number of aromatic nitrogens is 2. The Kier molecular flexibility index (Phi) is 5.91. The van der Waals surface area contributed by atoms with E-state index in [0.29, 0.717) is 0 Å². The summed E-state index contributed by atoms with van der Waals surface area (Å²) in [7, 11) is 0. The summed E-state index contributed by atoms with van der Waals surface area (Å²) in [4.78, 5) is 14.0. The molecular formula is C14H25N5S. The third-order valence-corrected chi connectivity index (χ3v) is 4.02. The summed E-state index contributed by atoms with van der Waals surface area (Å²) in [5, 5.41) is 4.13. The number of hydrogen-bond acceptors (Lipinski definition) is 6. The molecule has 112 valence electrons. The van der Waals surface area contributed by atoms with Gasteiger partial charge in [-0.3, -0.25) is 4.90 Å². The number of anilines is 2. The average Bonchev–Trinajstić information content (AvgIpc) is 2.48. The lowest BCUT2D eigenvalue weighted by Crippen LogP contribution is -2.46. The van der Waals surface area contributed by atoms with Crippen molar-refractivity contribution in [1.82, 2.24) is 14.9 Å². The van der Waals surface area contributed by atoms with Crippen LogP contribution in [-0.4, -0.2) is 60.4 Å².